The van der Waals surface area contributed by atoms with Crippen molar-refractivity contribution in [1.82, 2.24) is 10.3 Å². The van der Waals surface area contributed by atoms with Gasteiger partial charge in [0.2, 0.25) is 0 Å². The first-order valence-electron chi connectivity index (χ1n) is 6.01. The van der Waals surface area contributed by atoms with Crippen LogP contribution >= 0.6 is 0 Å². The number of aryl methyl sites for hydroxylation is 1. The van der Waals surface area contributed by atoms with Crippen LogP contribution in [0, 0.1) is 0 Å². The van der Waals surface area contributed by atoms with E-state index in [-0.39, 0.29) is 6.10 Å². The number of nitrogens with zero attached hydrogens (tertiary/aromatic N) is 1. The Morgan fingerprint density at radius 2 is 2.50 bits per heavy atom. The largest absolute Gasteiger partial charge is 0.380 e. The zero-order valence-electron chi connectivity index (χ0n) is 10.1. The Morgan fingerprint density at radius 1 is 1.62 bits per heavy atom. The molecule has 3 nitrogen and oxygen atoms in total. The molecule has 0 radical (unpaired) electrons. The number of rotatable bonds is 4. The van der Waals surface area contributed by atoms with Gasteiger partial charge >= 0.3 is 0 Å². The Bertz CT molecular complexity index is 340. The fraction of sp³-hybridized carbons (Fsp3) is 0.615. The molecule has 1 aliphatic carbocycles. The lowest BCUT2D eigenvalue weighted by Crippen LogP contribution is -2.32. The number of nitrogens with one attached hydrogen (secondary N) is 1. The summed E-state index contributed by atoms with van der Waals surface area (Å²) >= 11 is 0. The molecule has 3 heteroatoms. The van der Waals surface area contributed by atoms with Gasteiger partial charge in [0, 0.05) is 25.9 Å². The second-order valence-electron chi connectivity index (χ2n) is 4.45. The van der Waals surface area contributed by atoms with Crippen molar-refractivity contribution in [3.8, 4) is 0 Å². The second-order valence-corrected chi connectivity index (χ2v) is 4.45. The van der Waals surface area contributed by atoms with Crippen LogP contribution in [0.1, 0.15) is 37.1 Å². The van der Waals surface area contributed by atoms with Crippen molar-refractivity contribution in [2.24, 2.45) is 0 Å². The van der Waals surface area contributed by atoms with Crippen LogP contribution in [0.4, 0.5) is 0 Å². The molecule has 2 atom stereocenters. The summed E-state index contributed by atoms with van der Waals surface area (Å²) in [7, 11) is 1.75. The van der Waals surface area contributed by atoms with E-state index in [9.17, 15) is 0 Å². The smallest absolute Gasteiger partial charge is 0.0667 e. The third kappa shape index (κ3) is 2.60. The molecule has 0 saturated carbocycles. The maximum atomic E-state index is 5.25. The van der Waals surface area contributed by atoms with Crippen molar-refractivity contribution in [2.45, 2.75) is 38.3 Å². The second kappa shape index (κ2) is 5.41. The molecule has 0 aliphatic heterocycles. The molecular weight excluding hydrogens is 200 g/mol. The third-order valence-corrected chi connectivity index (χ3v) is 3.25. The molecular formula is C13H20N2O. The van der Waals surface area contributed by atoms with E-state index in [0.29, 0.717) is 6.04 Å². The van der Waals surface area contributed by atoms with Crippen molar-refractivity contribution >= 4 is 0 Å². The molecule has 1 N–H and O–H groups in total. The Labute approximate surface area is 97.2 Å². The van der Waals surface area contributed by atoms with E-state index >= 15 is 0 Å². The summed E-state index contributed by atoms with van der Waals surface area (Å²) in [4.78, 5) is 4.50. The van der Waals surface area contributed by atoms with Gasteiger partial charge in [-0.25, -0.2) is 0 Å². The van der Waals surface area contributed by atoms with Crippen LogP contribution in [0.25, 0.3) is 0 Å². The molecule has 0 saturated heterocycles. The lowest BCUT2D eigenvalue weighted by Gasteiger charge is -2.26. The summed E-state index contributed by atoms with van der Waals surface area (Å²) in [6.07, 6.45) is 5.74. The molecule has 2 unspecified atom stereocenters. The predicted molar refractivity (Wildman–Crippen MR) is 64.4 cm³/mol. The zero-order valence-corrected chi connectivity index (χ0v) is 10.1. The van der Waals surface area contributed by atoms with E-state index in [0.717, 1.165) is 6.54 Å². The monoisotopic (exact) mass is 220 g/mol. The van der Waals surface area contributed by atoms with Crippen molar-refractivity contribution < 1.29 is 4.74 Å². The normalized spacial score (nSPS) is 21.5. The highest BCUT2D eigenvalue weighted by Gasteiger charge is 2.20. The van der Waals surface area contributed by atoms with Crippen LogP contribution < -0.4 is 5.32 Å². The van der Waals surface area contributed by atoms with E-state index in [1.165, 1.54) is 30.5 Å². The molecule has 0 fully saturated rings. The highest BCUT2D eigenvalue weighted by molar-refractivity contribution is 5.25. The molecule has 1 aromatic rings. The first-order valence-corrected chi connectivity index (χ1v) is 6.01. The summed E-state index contributed by atoms with van der Waals surface area (Å²) in [5.41, 5.74) is 2.63. The number of ether oxygens (including phenoxy) is 1. The summed E-state index contributed by atoms with van der Waals surface area (Å²) < 4.78 is 5.25. The summed E-state index contributed by atoms with van der Waals surface area (Å²) in [5, 5.41) is 3.54. The minimum Gasteiger partial charge on any atom is -0.380 e. The van der Waals surface area contributed by atoms with Crippen LogP contribution in [0.5, 0.6) is 0 Å². The average Bonchev–Trinajstić information content (AvgIpc) is 2.35. The SMILES string of the molecule is COC(C)CNC1CCCc2cccnc21. The molecule has 0 spiro atoms. The lowest BCUT2D eigenvalue weighted by molar-refractivity contribution is 0.113. The van der Waals surface area contributed by atoms with Crippen molar-refractivity contribution in [3.63, 3.8) is 0 Å². The number of hydrogen-bond donors (Lipinski definition) is 1. The number of aromatic nitrogens is 1. The Hall–Kier alpha value is -0.930. The highest BCUT2D eigenvalue weighted by atomic mass is 16.5. The van der Waals surface area contributed by atoms with Gasteiger partial charge in [-0.15, -0.1) is 0 Å². The van der Waals surface area contributed by atoms with Gasteiger partial charge in [0.05, 0.1) is 11.8 Å². The van der Waals surface area contributed by atoms with E-state index in [1.54, 1.807) is 7.11 Å². The van der Waals surface area contributed by atoms with Gasteiger partial charge in [-0.3, -0.25) is 4.98 Å². The van der Waals surface area contributed by atoms with Crippen LogP contribution in [-0.2, 0) is 11.2 Å². The first kappa shape index (κ1) is 11.6. The van der Waals surface area contributed by atoms with Gasteiger partial charge in [-0.1, -0.05) is 6.07 Å². The Kier molecular flexibility index (Phi) is 3.91. The van der Waals surface area contributed by atoms with Gasteiger partial charge in [0.15, 0.2) is 0 Å². The number of fused-ring (bicyclic) bond motifs is 1. The first-order chi connectivity index (χ1) is 7.81. The molecule has 0 bridgehead atoms. The van der Waals surface area contributed by atoms with Crippen LogP contribution in [0.2, 0.25) is 0 Å². The van der Waals surface area contributed by atoms with Crippen LogP contribution in [0.3, 0.4) is 0 Å². The molecule has 1 aliphatic rings. The Morgan fingerprint density at radius 3 is 3.31 bits per heavy atom. The third-order valence-electron chi connectivity index (χ3n) is 3.25. The zero-order chi connectivity index (χ0) is 11.4. The highest BCUT2D eigenvalue weighted by Crippen LogP contribution is 2.27. The van der Waals surface area contributed by atoms with E-state index in [1.807, 2.05) is 12.3 Å². The number of methoxy groups -OCH3 is 1. The molecule has 1 aromatic heterocycles. The molecule has 0 amide bonds. The van der Waals surface area contributed by atoms with Crippen LogP contribution in [0.15, 0.2) is 18.3 Å². The maximum absolute atomic E-state index is 5.25. The lowest BCUT2D eigenvalue weighted by atomic mass is 9.92. The predicted octanol–water partition coefficient (Wildman–Crippen LogP) is 2.08. The topological polar surface area (TPSA) is 34.1 Å². The van der Waals surface area contributed by atoms with E-state index in [4.69, 9.17) is 4.74 Å². The molecule has 88 valence electrons. The molecule has 16 heavy (non-hydrogen) atoms. The van der Waals surface area contributed by atoms with Gasteiger partial charge in [0.25, 0.3) is 0 Å². The molecule has 2 rings (SSSR count). The number of pyridine rings is 1. The summed E-state index contributed by atoms with van der Waals surface area (Å²) in [6, 6.07) is 4.62. The van der Waals surface area contributed by atoms with Crippen molar-refractivity contribution in [1.29, 1.82) is 0 Å². The van der Waals surface area contributed by atoms with Gasteiger partial charge in [0.1, 0.15) is 0 Å². The average molecular weight is 220 g/mol. The number of hydrogen-bond acceptors (Lipinski definition) is 3. The minimum absolute atomic E-state index is 0.258. The van der Waals surface area contributed by atoms with Gasteiger partial charge in [-0.05, 0) is 37.8 Å². The van der Waals surface area contributed by atoms with Crippen LogP contribution in [-0.4, -0.2) is 24.7 Å². The van der Waals surface area contributed by atoms with Gasteiger partial charge in [-0.2, -0.15) is 0 Å². The fourth-order valence-corrected chi connectivity index (χ4v) is 2.20. The summed E-state index contributed by atoms with van der Waals surface area (Å²) in [6.45, 7) is 2.96. The fourth-order valence-electron chi connectivity index (χ4n) is 2.20. The molecule has 1 heterocycles. The summed E-state index contributed by atoms with van der Waals surface area (Å²) in [5.74, 6) is 0. The van der Waals surface area contributed by atoms with E-state index in [2.05, 4.69) is 23.3 Å². The quantitative estimate of drug-likeness (QED) is 0.843. The Balaban J connectivity index is 2.01. The minimum atomic E-state index is 0.258. The standard InChI is InChI=1S/C13H20N2O/c1-10(16-2)9-15-12-7-3-5-11-6-4-8-14-13(11)12/h4,6,8,10,12,15H,3,5,7,9H2,1-2H3. The maximum Gasteiger partial charge on any atom is 0.0667 e. The van der Waals surface area contributed by atoms with Crippen molar-refractivity contribution in [2.75, 3.05) is 13.7 Å². The van der Waals surface area contributed by atoms with Gasteiger partial charge < -0.3 is 10.1 Å². The van der Waals surface area contributed by atoms with Crippen molar-refractivity contribution in [3.05, 3.63) is 29.6 Å². The molecule has 0 aromatic carbocycles. The van der Waals surface area contributed by atoms with E-state index < -0.39 is 0 Å².